The van der Waals surface area contributed by atoms with Crippen molar-refractivity contribution in [2.45, 2.75) is 20.0 Å². The van der Waals surface area contributed by atoms with Crippen LogP contribution in [0.3, 0.4) is 0 Å². The molecule has 1 aromatic carbocycles. The Hall–Kier alpha value is -2.24. The number of ether oxygens (including phenoxy) is 2. The molecular weight excluding hydrogens is 236 g/mol. The molecule has 0 amide bonds. The van der Waals surface area contributed by atoms with E-state index in [-0.39, 0.29) is 6.10 Å². The van der Waals surface area contributed by atoms with Gasteiger partial charge in [0.05, 0.1) is 24.1 Å². The van der Waals surface area contributed by atoms with Gasteiger partial charge in [-0.05, 0) is 19.9 Å². The highest BCUT2D eigenvalue weighted by Gasteiger charge is 2.11. The molecule has 6 nitrogen and oxygen atoms in total. The van der Waals surface area contributed by atoms with Gasteiger partial charge in [0.15, 0.2) is 11.5 Å². The quantitative estimate of drug-likeness (QED) is 0.851. The number of fused-ring (bicyclic) bond motifs is 1. The van der Waals surface area contributed by atoms with Gasteiger partial charge in [-0.15, -0.1) is 0 Å². The third-order valence-electron chi connectivity index (χ3n) is 2.39. The summed E-state index contributed by atoms with van der Waals surface area (Å²) in [5.74, 6) is 0.940. The molecule has 2 N–H and O–H groups in total. The van der Waals surface area contributed by atoms with Crippen molar-refractivity contribution in [1.82, 2.24) is 9.97 Å². The molecule has 1 heterocycles. The van der Waals surface area contributed by atoms with Gasteiger partial charge in [-0.25, -0.2) is 4.79 Å². The summed E-state index contributed by atoms with van der Waals surface area (Å²) in [5, 5.41) is 0.353. The van der Waals surface area contributed by atoms with E-state index in [9.17, 15) is 9.59 Å². The summed E-state index contributed by atoms with van der Waals surface area (Å²) in [6, 6.07) is 3.13. The molecule has 0 spiro atoms. The number of aromatic nitrogens is 2. The summed E-state index contributed by atoms with van der Waals surface area (Å²) in [6.07, 6.45) is -0.0433. The minimum absolute atomic E-state index is 0.0433. The molecule has 0 aliphatic carbocycles. The Labute approximate surface area is 103 Å². The zero-order chi connectivity index (χ0) is 13.3. The highest BCUT2D eigenvalue weighted by atomic mass is 16.5. The largest absolute Gasteiger partial charge is 0.493 e. The number of benzene rings is 1. The summed E-state index contributed by atoms with van der Waals surface area (Å²) < 4.78 is 10.7. The van der Waals surface area contributed by atoms with Crippen molar-refractivity contribution in [3.63, 3.8) is 0 Å². The highest BCUT2D eigenvalue weighted by Crippen LogP contribution is 2.30. The van der Waals surface area contributed by atoms with Crippen molar-refractivity contribution >= 4 is 10.9 Å². The maximum absolute atomic E-state index is 11.7. The first-order chi connectivity index (χ1) is 8.51. The van der Waals surface area contributed by atoms with Gasteiger partial charge in [0.2, 0.25) is 0 Å². The minimum atomic E-state index is -0.549. The Balaban J connectivity index is 2.73. The van der Waals surface area contributed by atoms with E-state index in [0.29, 0.717) is 22.4 Å². The molecule has 0 radical (unpaired) electrons. The molecule has 0 atom stereocenters. The lowest BCUT2D eigenvalue weighted by Gasteiger charge is -2.14. The van der Waals surface area contributed by atoms with E-state index in [0.717, 1.165) is 0 Å². The maximum atomic E-state index is 11.7. The summed E-state index contributed by atoms with van der Waals surface area (Å²) in [5.41, 5.74) is -0.589. The lowest BCUT2D eigenvalue weighted by Crippen LogP contribution is -2.22. The number of aromatic amines is 2. The standard InChI is InChI=1S/C12H14N2O4/c1-6(2)18-10-4-7-8(5-9(10)17-3)13-12(16)14-11(7)15/h4-6H,1-3H3,(H2,13,14,15,16). The number of H-pyrrole nitrogens is 2. The molecule has 96 valence electrons. The van der Waals surface area contributed by atoms with Crippen LogP contribution in [-0.2, 0) is 0 Å². The average molecular weight is 250 g/mol. The molecule has 0 bridgehead atoms. The predicted octanol–water partition coefficient (Wildman–Crippen LogP) is 1.01. The van der Waals surface area contributed by atoms with E-state index >= 15 is 0 Å². The molecule has 6 heteroatoms. The van der Waals surface area contributed by atoms with E-state index in [1.807, 2.05) is 13.8 Å². The van der Waals surface area contributed by atoms with Crippen molar-refractivity contribution in [3.8, 4) is 11.5 Å². The third-order valence-corrected chi connectivity index (χ3v) is 2.39. The first-order valence-electron chi connectivity index (χ1n) is 5.52. The molecule has 0 fully saturated rings. The highest BCUT2D eigenvalue weighted by molar-refractivity contribution is 5.81. The van der Waals surface area contributed by atoms with Gasteiger partial charge < -0.3 is 14.5 Å². The van der Waals surface area contributed by atoms with Crippen LogP contribution in [0.4, 0.5) is 0 Å². The van der Waals surface area contributed by atoms with Crippen LogP contribution in [0.2, 0.25) is 0 Å². The zero-order valence-electron chi connectivity index (χ0n) is 10.4. The monoisotopic (exact) mass is 250 g/mol. The van der Waals surface area contributed by atoms with E-state index in [1.54, 1.807) is 12.1 Å². The van der Waals surface area contributed by atoms with Crippen LogP contribution in [0.1, 0.15) is 13.8 Å². The second-order valence-corrected chi connectivity index (χ2v) is 4.12. The van der Waals surface area contributed by atoms with Gasteiger partial charge in [-0.1, -0.05) is 0 Å². The van der Waals surface area contributed by atoms with E-state index in [4.69, 9.17) is 9.47 Å². The Kier molecular flexibility index (Phi) is 3.10. The van der Waals surface area contributed by atoms with Crippen molar-refractivity contribution in [2.24, 2.45) is 0 Å². The number of methoxy groups -OCH3 is 1. The molecule has 0 aliphatic heterocycles. The van der Waals surface area contributed by atoms with Gasteiger partial charge in [-0.2, -0.15) is 0 Å². The van der Waals surface area contributed by atoms with E-state index in [2.05, 4.69) is 9.97 Å². The predicted molar refractivity (Wildman–Crippen MR) is 67.5 cm³/mol. The second-order valence-electron chi connectivity index (χ2n) is 4.12. The van der Waals surface area contributed by atoms with Crippen LogP contribution < -0.4 is 20.7 Å². The van der Waals surface area contributed by atoms with Gasteiger partial charge in [0.25, 0.3) is 5.56 Å². The molecular formula is C12H14N2O4. The molecule has 0 unspecified atom stereocenters. The van der Waals surface area contributed by atoms with E-state index in [1.165, 1.54) is 7.11 Å². The number of rotatable bonds is 3. The fourth-order valence-electron chi connectivity index (χ4n) is 1.68. The number of hydrogen-bond acceptors (Lipinski definition) is 4. The first-order valence-corrected chi connectivity index (χ1v) is 5.52. The Morgan fingerprint density at radius 2 is 1.83 bits per heavy atom. The molecule has 2 aromatic rings. The lowest BCUT2D eigenvalue weighted by atomic mass is 10.2. The molecule has 0 saturated carbocycles. The Morgan fingerprint density at radius 3 is 2.44 bits per heavy atom. The zero-order valence-corrected chi connectivity index (χ0v) is 10.4. The van der Waals surface area contributed by atoms with Crippen molar-refractivity contribution in [3.05, 3.63) is 33.0 Å². The van der Waals surface area contributed by atoms with Crippen molar-refractivity contribution in [1.29, 1.82) is 0 Å². The summed E-state index contributed by atoms with van der Waals surface area (Å²) >= 11 is 0. The Morgan fingerprint density at radius 1 is 1.11 bits per heavy atom. The number of hydrogen-bond donors (Lipinski definition) is 2. The van der Waals surface area contributed by atoms with Gasteiger partial charge in [0, 0.05) is 6.07 Å². The van der Waals surface area contributed by atoms with Crippen LogP contribution in [0.25, 0.3) is 10.9 Å². The average Bonchev–Trinajstić information content (AvgIpc) is 2.28. The minimum Gasteiger partial charge on any atom is -0.493 e. The van der Waals surface area contributed by atoms with Crippen LogP contribution in [-0.4, -0.2) is 23.2 Å². The van der Waals surface area contributed by atoms with Crippen LogP contribution >= 0.6 is 0 Å². The molecule has 18 heavy (non-hydrogen) atoms. The van der Waals surface area contributed by atoms with Gasteiger partial charge in [-0.3, -0.25) is 9.78 Å². The SMILES string of the molecule is COc1cc2[nH]c(=O)[nH]c(=O)c2cc1OC(C)C. The van der Waals surface area contributed by atoms with Gasteiger partial charge in [0.1, 0.15) is 0 Å². The van der Waals surface area contributed by atoms with Crippen molar-refractivity contribution in [2.75, 3.05) is 7.11 Å². The number of nitrogens with one attached hydrogen (secondary N) is 2. The smallest absolute Gasteiger partial charge is 0.326 e. The third kappa shape index (κ3) is 2.22. The van der Waals surface area contributed by atoms with Crippen LogP contribution in [0, 0.1) is 0 Å². The molecule has 0 aliphatic rings. The van der Waals surface area contributed by atoms with Crippen molar-refractivity contribution < 1.29 is 9.47 Å². The van der Waals surface area contributed by atoms with Crippen LogP contribution in [0.15, 0.2) is 21.7 Å². The molecule has 1 aromatic heterocycles. The van der Waals surface area contributed by atoms with E-state index < -0.39 is 11.2 Å². The molecule has 2 rings (SSSR count). The van der Waals surface area contributed by atoms with Gasteiger partial charge >= 0.3 is 5.69 Å². The first kappa shape index (κ1) is 12.2. The Bertz CT molecular complexity index is 685. The second kappa shape index (κ2) is 4.56. The van der Waals surface area contributed by atoms with Crippen LogP contribution in [0.5, 0.6) is 11.5 Å². The summed E-state index contributed by atoms with van der Waals surface area (Å²) in [4.78, 5) is 27.6. The summed E-state index contributed by atoms with van der Waals surface area (Å²) in [6.45, 7) is 3.75. The maximum Gasteiger partial charge on any atom is 0.326 e. The summed E-state index contributed by atoms with van der Waals surface area (Å²) in [7, 11) is 1.50. The normalized spacial score (nSPS) is 10.9. The lowest BCUT2D eigenvalue weighted by molar-refractivity contribution is 0.230. The fourth-order valence-corrected chi connectivity index (χ4v) is 1.68. The molecule has 0 saturated heterocycles. The fraction of sp³-hybridized carbons (Fsp3) is 0.333. The topological polar surface area (TPSA) is 84.2 Å².